The Balaban J connectivity index is 2.90. The van der Waals surface area contributed by atoms with Gasteiger partial charge in [-0.05, 0) is 17.0 Å². The zero-order valence-electron chi connectivity index (χ0n) is 6.77. The molecule has 0 aliphatic rings. The van der Waals surface area contributed by atoms with Crippen LogP contribution in [0.5, 0.6) is 0 Å². The van der Waals surface area contributed by atoms with Crippen LogP contribution in [-0.4, -0.2) is 5.91 Å². The maximum atomic E-state index is 13.0. The molecule has 72 valence electrons. The first-order valence-electron chi connectivity index (χ1n) is 3.52. The highest BCUT2D eigenvalue weighted by Crippen LogP contribution is 2.15. The van der Waals surface area contributed by atoms with Crippen molar-refractivity contribution in [2.75, 3.05) is 5.32 Å². The van der Waals surface area contributed by atoms with E-state index >= 15 is 0 Å². The second-order valence-corrected chi connectivity index (χ2v) is 2.67. The third-order valence-electron chi connectivity index (χ3n) is 1.36. The molecule has 1 aromatic rings. The maximum absolute atomic E-state index is 13.0. The van der Waals surface area contributed by atoms with Crippen LogP contribution in [0.15, 0.2) is 18.2 Å². The smallest absolute Gasteiger partial charge is 0.301 e. The van der Waals surface area contributed by atoms with E-state index < -0.39 is 17.5 Å². The lowest BCUT2D eigenvalue weighted by atomic mass is 10.3. The van der Waals surface area contributed by atoms with Crippen LogP contribution in [0.4, 0.5) is 14.5 Å². The third kappa shape index (κ3) is 2.54. The molecule has 2 nitrogen and oxygen atoms in total. The fourth-order valence-corrected chi connectivity index (χ4v) is 0.977. The van der Waals surface area contributed by atoms with Crippen LogP contribution in [0.25, 0.3) is 0 Å². The highest BCUT2D eigenvalue weighted by Gasteiger charge is 2.08. The van der Waals surface area contributed by atoms with E-state index in [0.29, 0.717) is 0 Å². The van der Waals surface area contributed by atoms with Crippen molar-refractivity contribution >= 4 is 27.5 Å². The summed E-state index contributed by atoms with van der Waals surface area (Å²) < 4.78 is 25.6. The van der Waals surface area contributed by atoms with E-state index in [9.17, 15) is 13.6 Å². The molecule has 5 heteroatoms. The second kappa shape index (κ2) is 4.72. The van der Waals surface area contributed by atoms with Crippen molar-refractivity contribution in [2.24, 2.45) is 0 Å². The van der Waals surface area contributed by atoms with Crippen molar-refractivity contribution < 1.29 is 13.6 Å². The van der Waals surface area contributed by atoms with E-state index in [-0.39, 0.29) is 5.69 Å². The van der Waals surface area contributed by atoms with Gasteiger partial charge in [0.05, 0.1) is 5.69 Å². The minimum Gasteiger partial charge on any atom is -0.312 e. The Morgan fingerprint density at radius 3 is 2.79 bits per heavy atom. The van der Waals surface area contributed by atoms with Gasteiger partial charge in [-0.15, -0.1) is 0 Å². The molecular formula is C9H4BrF2NO. The van der Waals surface area contributed by atoms with Crippen molar-refractivity contribution in [3.05, 3.63) is 29.8 Å². The van der Waals surface area contributed by atoms with E-state index in [1.54, 1.807) is 0 Å². The molecular weight excluding hydrogens is 256 g/mol. The summed E-state index contributed by atoms with van der Waals surface area (Å²) in [6, 6.07) is 3.49. The number of nitrogens with one attached hydrogen (secondary N) is 1. The van der Waals surface area contributed by atoms with Gasteiger partial charge in [0.15, 0.2) is 11.6 Å². The van der Waals surface area contributed by atoms with Crippen molar-refractivity contribution in [2.45, 2.75) is 0 Å². The van der Waals surface area contributed by atoms with Crippen molar-refractivity contribution in [3.8, 4) is 10.8 Å². The van der Waals surface area contributed by atoms with Crippen molar-refractivity contribution in [1.82, 2.24) is 0 Å². The second-order valence-electron chi connectivity index (χ2n) is 2.27. The number of anilines is 1. The van der Waals surface area contributed by atoms with Crippen LogP contribution in [0.2, 0.25) is 0 Å². The summed E-state index contributed by atoms with van der Waals surface area (Å²) >= 11 is 2.71. The van der Waals surface area contributed by atoms with Gasteiger partial charge in [-0.2, -0.15) is 0 Å². The molecule has 0 saturated carbocycles. The lowest BCUT2D eigenvalue weighted by Crippen LogP contribution is -2.10. The van der Waals surface area contributed by atoms with Crippen LogP contribution >= 0.6 is 15.9 Å². The van der Waals surface area contributed by atoms with Crippen LogP contribution in [0.1, 0.15) is 0 Å². The van der Waals surface area contributed by atoms with E-state index in [2.05, 4.69) is 32.0 Å². The molecule has 1 rings (SSSR count). The molecule has 0 heterocycles. The average Bonchev–Trinajstić information content (AvgIpc) is 2.13. The van der Waals surface area contributed by atoms with Gasteiger partial charge in [-0.3, -0.25) is 4.79 Å². The Labute approximate surface area is 87.4 Å². The zero-order valence-corrected chi connectivity index (χ0v) is 8.36. The predicted octanol–water partition coefficient (Wildman–Crippen LogP) is 2.26. The van der Waals surface area contributed by atoms with E-state index in [1.165, 1.54) is 12.1 Å². The van der Waals surface area contributed by atoms with Gasteiger partial charge in [0, 0.05) is 21.9 Å². The minimum atomic E-state index is -1.10. The fraction of sp³-hybridized carbons (Fsp3) is 0. The van der Waals surface area contributed by atoms with Crippen molar-refractivity contribution in [1.29, 1.82) is 0 Å². The highest BCUT2D eigenvalue weighted by atomic mass is 79.9. The Kier molecular flexibility index (Phi) is 3.60. The van der Waals surface area contributed by atoms with Crippen molar-refractivity contribution in [3.63, 3.8) is 0 Å². The number of carbonyl (C=O) groups excluding carboxylic acids is 1. The number of hydrogen-bond acceptors (Lipinski definition) is 1. The third-order valence-corrected chi connectivity index (χ3v) is 1.56. The molecule has 0 atom stereocenters. The normalized spacial score (nSPS) is 8.79. The van der Waals surface area contributed by atoms with E-state index in [1.807, 2.05) is 0 Å². The molecule has 0 radical (unpaired) electrons. The molecule has 14 heavy (non-hydrogen) atoms. The number of halogens is 3. The molecule has 0 aromatic heterocycles. The van der Waals surface area contributed by atoms with Gasteiger partial charge in [-0.25, -0.2) is 8.78 Å². The van der Waals surface area contributed by atoms with Gasteiger partial charge in [0.1, 0.15) is 0 Å². The molecule has 1 aromatic carbocycles. The van der Waals surface area contributed by atoms with Crippen LogP contribution in [0.3, 0.4) is 0 Å². The first kappa shape index (κ1) is 10.7. The molecule has 0 aliphatic heterocycles. The van der Waals surface area contributed by atoms with Crippen LogP contribution in [-0.2, 0) is 4.79 Å². The van der Waals surface area contributed by atoms with Gasteiger partial charge >= 0.3 is 5.91 Å². The lowest BCUT2D eigenvalue weighted by Gasteiger charge is -2.02. The molecule has 0 saturated heterocycles. The Hall–Kier alpha value is -1.41. The summed E-state index contributed by atoms with van der Waals surface area (Å²) in [5.41, 5.74) is -0.231. The first-order valence-corrected chi connectivity index (χ1v) is 4.31. The largest absolute Gasteiger partial charge is 0.312 e. The molecule has 0 spiro atoms. The summed E-state index contributed by atoms with van der Waals surface area (Å²) in [5, 5.41) is 2.09. The van der Waals surface area contributed by atoms with Gasteiger partial charge < -0.3 is 5.32 Å². The monoisotopic (exact) mass is 259 g/mol. The topological polar surface area (TPSA) is 29.1 Å². The SMILES string of the molecule is O=C(C#CBr)Nc1cccc(F)c1F. The van der Waals surface area contributed by atoms with E-state index in [4.69, 9.17) is 0 Å². The minimum absolute atomic E-state index is 0.231. The summed E-state index contributed by atoms with van der Waals surface area (Å²) in [6.45, 7) is 0. The number of amides is 1. The number of carbonyl (C=O) groups is 1. The van der Waals surface area contributed by atoms with Gasteiger partial charge in [0.25, 0.3) is 0 Å². The van der Waals surface area contributed by atoms with E-state index in [0.717, 1.165) is 6.07 Å². The number of hydrogen-bond donors (Lipinski definition) is 1. The lowest BCUT2D eigenvalue weighted by molar-refractivity contribution is -0.111. The number of rotatable bonds is 1. The quantitative estimate of drug-likeness (QED) is 0.771. The average molecular weight is 260 g/mol. The maximum Gasteiger partial charge on any atom is 0.301 e. The van der Waals surface area contributed by atoms with Crippen LogP contribution in [0, 0.1) is 22.4 Å². The molecule has 0 fully saturated rings. The Morgan fingerprint density at radius 2 is 2.14 bits per heavy atom. The summed E-state index contributed by atoms with van der Waals surface area (Å²) in [5.74, 6) is -0.767. The van der Waals surface area contributed by atoms with Gasteiger partial charge in [0.2, 0.25) is 0 Å². The molecule has 1 N–H and O–H groups in total. The van der Waals surface area contributed by atoms with Gasteiger partial charge in [-0.1, -0.05) is 6.07 Å². The first-order chi connectivity index (χ1) is 6.65. The molecule has 1 amide bonds. The standard InChI is InChI=1S/C9H4BrF2NO/c10-5-4-8(14)13-7-3-1-2-6(11)9(7)12/h1-3H,(H,13,14). The predicted molar refractivity (Wildman–Crippen MR) is 51.7 cm³/mol. The molecule has 0 aliphatic carbocycles. The number of benzene rings is 1. The Morgan fingerprint density at radius 1 is 1.43 bits per heavy atom. The zero-order chi connectivity index (χ0) is 10.6. The molecule has 0 bridgehead atoms. The summed E-state index contributed by atoms with van der Waals surface area (Å²) in [6.07, 6.45) is 0. The Bertz CT molecular complexity index is 423. The molecule has 0 unspecified atom stereocenters. The summed E-state index contributed by atoms with van der Waals surface area (Å²) in [7, 11) is 0. The van der Waals surface area contributed by atoms with Crippen LogP contribution < -0.4 is 5.32 Å². The highest BCUT2D eigenvalue weighted by molar-refractivity contribution is 9.12. The summed E-state index contributed by atoms with van der Waals surface area (Å²) in [4.78, 5) is 13.0. The fourth-order valence-electron chi connectivity index (χ4n) is 0.797.